The maximum absolute atomic E-state index is 11.0. The van der Waals surface area contributed by atoms with Crippen molar-refractivity contribution in [2.75, 3.05) is 6.54 Å². The van der Waals surface area contributed by atoms with E-state index in [0.29, 0.717) is 6.04 Å². The molecule has 1 aliphatic carbocycles. The summed E-state index contributed by atoms with van der Waals surface area (Å²) in [6.45, 7) is 1.00. The number of carbonyl (C=O) groups is 1. The molecule has 0 spiro atoms. The van der Waals surface area contributed by atoms with E-state index in [1.807, 2.05) is 0 Å². The molecule has 3 nitrogen and oxygen atoms in total. The Morgan fingerprint density at radius 2 is 1.79 bits per heavy atom. The zero-order chi connectivity index (χ0) is 9.97. The first-order chi connectivity index (χ1) is 6.79. The molecule has 1 saturated carbocycles. The third kappa shape index (κ3) is 1.92. The Morgan fingerprint density at radius 3 is 2.43 bits per heavy atom. The molecular weight excluding hydrogens is 178 g/mol. The van der Waals surface area contributed by atoms with Crippen molar-refractivity contribution in [3.05, 3.63) is 0 Å². The van der Waals surface area contributed by atoms with E-state index in [-0.39, 0.29) is 6.04 Å². The van der Waals surface area contributed by atoms with Crippen LogP contribution in [0.15, 0.2) is 0 Å². The molecule has 1 atom stereocenters. The van der Waals surface area contributed by atoms with Crippen LogP contribution in [0.25, 0.3) is 0 Å². The number of hydrogen-bond donors (Lipinski definition) is 1. The fourth-order valence-electron chi connectivity index (χ4n) is 2.90. The lowest BCUT2D eigenvalue weighted by Gasteiger charge is -2.33. The number of nitrogens with zero attached hydrogens (tertiary/aromatic N) is 1. The molecule has 1 saturated heterocycles. The summed E-state index contributed by atoms with van der Waals surface area (Å²) in [5.74, 6) is -0.618. The van der Waals surface area contributed by atoms with Crippen molar-refractivity contribution in [2.45, 2.75) is 57.0 Å². The first-order valence-electron chi connectivity index (χ1n) is 5.77. The topological polar surface area (TPSA) is 40.5 Å². The summed E-state index contributed by atoms with van der Waals surface area (Å²) in [6.07, 6.45) is 8.25. The van der Waals surface area contributed by atoms with Gasteiger partial charge in [0, 0.05) is 6.04 Å². The standard InChI is InChI=1S/C11H19NO2/c13-11(14)10-7-4-8-12(10)9-5-2-1-3-6-9/h9-10H,1-8H2,(H,13,14)/t10-/m0/s1. The Bertz CT molecular complexity index is 211. The fraction of sp³-hybridized carbons (Fsp3) is 0.909. The second-order valence-corrected chi connectivity index (χ2v) is 4.53. The van der Waals surface area contributed by atoms with Crippen molar-refractivity contribution in [3.8, 4) is 0 Å². The summed E-state index contributed by atoms with van der Waals surface area (Å²) < 4.78 is 0. The summed E-state index contributed by atoms with van der Waals surface area (Å²) in [7, 11) is 0. The smallest absolute Gasteiger partial charge is 0.320 e. The molecule has 0 aromatic carbocycles. The number of likely N-dealkylation sites (tertiary alicyclic amines) is 1. The van der Waals surface area contributed by atoms with E-state index >= 15 is 0 Å². The molecule has 2 aliphatic rings. The predicted molar refractivity (Wildman–Crippen MR) is 54.2 cm³/mol. The zero-order valence-corrected chi connectivity index (χ0v) is 8.61. The molecule has 2 fully saturated rings. The van der Waals surface area contributed by atoms with Gasteiger partial charge in [0.1, 0.15) is 6.04 Å². The van der Waals surface area contributed by atoms with E-state index in [1.165, 1.54) is 32.1 Å². The quantitative estimate of drug-likeness (QED) is 0.734. The molecule has 14 heavy (non-hydrogen) atoms. The first kappa shape index (κ1) is 9.97. The zero-order valence-electron chi connectivity index (χ0n) is 8.61. The number of hydrogen-bond acceptors (Lipinski definition) is 2. The highest BCUT2D eigenvalue weighted by atomic mass is 16.4. The Balaban J connectivity index is 1.97. The van der Waals surface area contributed by atoms with Gasteiger partial charge in [-0.1, -0.05) is 19.3 Å². The Kier molecular flexibility index (Phi) is 3.06. The highest BCUT2D eigenvalue weighted by Crippen LogP contribution is 2.29. The van der Waals surface area contributed by atoms with Gasteiger partial charge in [-0.15, -0.1) is 0 Å². The fourth-order valence-corrected chi connectivity index (χ4v) is 2.90. The summed E-state index contributed by atoms with van der Waals surface area (Å²) in [4.78, 5) is 13.3. The van der Waals surface area contributed by atoms with Crippen LogP contribution in [-0.4, -0.2) is 34.6 Å². The van der Waals surface area contributed by atoms with Crippen molar-refractivity contribution >= 4 is 5.97 Å². The van der Waals surface area contributed by atoms with Crippen LogP contribution in [-0.2, 0) is 4.79 Å². The highest BCUT2D eigenvalue weighted by molar-refractivity contribution is 5.73. The van der Waals surface area contributed by atoms with Crippen LogP contribution in [0.1, 0.15) is 44.9 Å². The van der Waals surface area contributed by atoms with Gasteiger partial charge in [0.15, 0.2) is 0 Å². The van der Waals surface area contributed by atoms with Crippen LogP contribution in [0.3, 0.4) is 0 Å². The summed E-state index contributed by atoms with van der Waals surface area (Å²) >= 11 is 0. The van der Waals surface area contributed by atoms with Crippen molar-refractivity contribution in [2.24, 2.45) is 0 Å². The molecular formula is C11H19NO2. The minimum Gasteiger partial charge on any atom is -0.480 e. The lowest BCUT2D eigenvalue weighted by molar-refractivity contribution is -0.143. The van der Waals surface area contributed by atoms with Gasteiger partial charge in [-0.25, -0.2) is 0 Å². The van der Waals surface area contributed by atoms with Crippen molar-refractivity contribution in [1.29, 1.82) is 0 Å². The average Bonchev–Trinajstić information content (AvgIpc) is 2.67. The van der Waals surface area contributed by atoms with Crippen LogP contribution in [0.4, 0.5) is 0 Å². The predicted octanol–water partition coefficient (Wildman–Crippen LogP) is 1.87. The van der Waals surface area contributed by atoms with E-state index in [4.69, 9.17) is 5.11 Å². The van der Waals surface area contributed by atoms with Crippen molar-refractivity contribution in [1.82, 2.24) is 4.90 Å². The average molecular weight is 197 g/mol. The van der Waals surface area contributed by atoms with Gasteiger partial charge >= 0.3 is 5.97 Å². The number of rotatable bonds is 2. The Hall–Kier alpha value is -0.570. The van der Waals surface area contributed by atoms with Crippen LogP contribution in [0.2, 0.25) is 0 Å². The van der Waals surface area contributed by atoms with E-state index < -0.39 is 5.97 Å². The van der Waals surface area contributed by atoms with Crippen LogP contribution >= 0.6 is 0 Å². The van der Waals surface area contributed by atoms with Crippen LogP contribution < -0.4 is 0 Å². The molecule has 0 amide bonds. The minimum absolute atomic E-state index is 0.182. The molecule has 3 heteroatoms. The van der Waals surface area contributed by atoms with Crippen LogP contribution in [0.5, 0.6) is 0 Å². The molecule has 0 aromatic rings. The normalized spacial score (nSPS) is 30.7. The van der Waals surface area contributed by atoms with Gasteiger partial charge in [-0.3, -0.25) is 9.69 Å². The van der Waals surface area contributed by atoms with Gasteiger partial charge in [-0.2, -0.15) is 0 Å². The third-order valence-corrected chi connectivity index (χ3v) is 3.62. The maximum atomic E-state index is 11.0. The molecule has 0 bridgehead atoms. The summed E-state index contributed by atoms with van der Waals surface area (Å²) in [5.41, 5.74) is 0. The van der Waals surface area contributed by atoms with E-state index in [9.17, 15) is 4.79 Å². The largest absolute Gasteiger partial charge is 0.480 e. The molecule has 80 valence electrons. The second kappa shape index (κ2) is 4.30. The van der Waals surface area contributed by atoms with Crippen molar-refractivity contribution in [3.63, 3.8) is 0 Å². The number of aliphatic carboxylic acids is 1. The highest BCUT2D eigenvalue weighted by Gasteiger charge is 2.35. The van der Waals surface area contributed by atoms with Gasteiger partial charge in [-0.05, 0) is 32.2 Å². The summed E-state index contributed by atoms with van der Waals surface area (Å²) in [5, 5.41) is 9.07. The molecule has 2 rings (SSSR count). The maximum Gasteiger partial charge on any atom is 0.320 e. The monoisotopic (exact) mass is 197 g/mol. The summed E-state index contributed by atoms with van der Waals surface area (Å²) in [6, 6.07) is 0.380. The number of carboxylic acids is 1. The molecule has 1 heterocycles. The van der Waals surface area contributed by atoms with Gasteiger partial charge in [0.2, 0.25) is 0 Å². The molecule has 1 N–H and O–H groups in total. The Labute approximate surface area is 85.1 Å². The third-order valence-electron chi connectivity index (χ3n) is 3.62. The SMILES string of the molecule is O=C(O)[C@@H]1CCCN1C1CCCCC1. The Morgan fingerprint density at radius 1 is 1.07 bits per heavy atom. The van der Waals surface area contributed by atoms with E-state index in [2.05, 4.69) is 4.90 Å². The van der Waals surface area contributed by atoms with E-state index in [0.717, 1.165) is 19.4 Å². The molecule has 0 unspecified atom stereocenters. The van der Waals surface area contributed by atoms with Gasteiger partial charge in [0.05, 0.1) is 0 Å². The first-order valence-corrected chi connectivity index (χ1v) is 5.77. The van der Waals surface area contributed by atoms with E-state index in [1.54, 1.807) is 0 Å². The lowest BCUT2D eigenvalue weighted by Crippen LogP contribution is -2.44. The molecule has 1 aliphatic heterocycles. The molecule has 0 radical (unpaired) electrons. The number of carboxylic acid groups (broad SMARTS) is 1. The minimum atomic E-state index is -0.618. The van der Waals surface area contributed by atoms with Gasteiger partial charge in [0.25, 0.3) is 0 Å². The second-order valence-electron chi connectivity index (χ2n) is 4.53. The van der Waals surface area contributed by atoms with Crippen molar-refractivity contribution < 1.29 is 9.90 Å². The lowest BCUT2D eigenvalue weighted by atomic mass is 9.94. The molecule has 0 aromatic heterocycles. The van der Waals surface area contributed by atoms with Gasteiger partial charge < -0.3 is 5.11 Å². The van der Waals surface area contributed by atoms with Crippen LogP contribution in [0, 0.1) is 0 Å².